The van der Waals surface area contributed by atoms with E-state index in [-0.39, 0.29) is 17.6 Å². The molecule has 1 atom stereocenters. The molecule has 0 saturated carbocycles. The highest BCUT2D eigenvalue weighted by Crippen LogP contribution is 2.20. The second kappa shape index (κ2) is 3.57. The average Bonchev–Trinajstić information content (AvgIpc) is 2.20. The average molecular weight is 192 g/mol. The van der Waals surface area contributed by atoms with E-state index in [0.29, 0.717) is 6.42 Å². The van der Waals surface area contributed by atoms with Crippen LogP contribution in [0.2, 0.25) is 0 Å². The van der Waals surface area contributed by atoms with E-state index in [1.807, 2.05) is 0 Å². The van der Waals surface area contributed by atoms with Crippen LogP contribution in [-0.4, -0.2) is 12.1 Å². The van der Waals surface area contributed by atoms with Gasteiger partial charge >= 0.3 is 0 Å². The van der Waals surface area contributed by atoms with Crippen molar-refractivity contribution in [2.24, 2.45) is 5.10 Å². The van der Waals surface area contributed by atoms with Gasteiger partial charge in [0, 0.05) is 12.6 Å². The maximum absolute atomic E-state index is 12.6. The quantitative estimate of drug-likeness (QED) is 0.718. The predicted molar refractivity (Wildman–Crippen MR) is 50.4 cm³/mol. The molecule has 0 aromatic heterocycles. The summed E-state index contributed by atoms with van der Waals surface area (Å²) in [4.78, 5) is 11.4. The number of carbonyl (C=O) groups is 1. The zero-order chi connectivity index (χ0) is 9.97. The number of hydrogen-bond acceptors (Lipinski definition) is 2. The van der Waals surface area contributed by atoms with Crippen LogP contribution in [0.25, 0.3) is 0 Å². The third-order valence-electron chi connectivity index (χ3n) is 2.20. The van der Waals surface area contributed by atoms with Gasteiger partial charge in [-0.1, -0.05) is 12.1 Å². The van der Waals surface area contributed by atoms with Crippen LogP contribution in [0.4, 0.5) is 4.39 Å². The Morgan fingerprint density at radius 3 is 2.71 bits per heavy atom. The zero-order valence-electron chi connectivity index (χ0n) is 7.40. The van der Waals surface area contributed by atoms with E-state index in [1.54, 1.807) is 18.3 Å². The van der Waals surface area contributed by atoms with Crippen molar-refractivity contribution in [1.82, 2.24) is 5.43 Å². The lowest BCUT2D eigenvalue weighted by Crippen LogP contribution is -2.29. The summed E-state index contributed by atoms with van der Waals surface area (Å²) < 4.78 is 12.6. The SMILES string of the molecule is O=C1NN=CCC1c1ccc(F)cc1. The Morgan fingerprint density at radius 1 is 1.36 bits per heavy atom. The van der Waals surface area contributed by atoms with Crippen LogP contribution in [0.5, 0.6) is 0 Å². The van der Waals surface area contributed by atoms with Crippen molar-refractivity contribution in [2.45, 2.75) is 12.3 Å². The van der Waals surface area contributed by atoms with E-state index in [2.05, 4.69) is 10.5 Å². The molecule has 0 saturated heterocycles. The Kier molecular flexibility index (Phi) is 2.26. The lowest BCUT2D eigenvalue weighted by molar-refractivity contribution is -0.122. The summed E-state index contributed by atoms with van der Waals surface area (Å²) in [5.41, 5.74) is 3.20. The van der Waals surface area contributed by atoms with Gasteiger partial charge in [0.2, 0.25) is 5.91 Å². The molecule has 0 fully saturated rings. The molecule has 3 nitrogen and oxygen atoms in total. The molecule has 1 N–H and O–H groups in total. The van der Waals surface area contributed by atoms with E-state index in [9.17, 15) is 9.18 Å². The molecule has 0 radical (unpaired) electrons. The van der Waals surface area contributed by atoms with E-state index >= 15 is 0 Å². The number of hydrazone groups is 1. The van der Waals surface area contributed by atoms with Crippen molar-refractivity contribution in [2.75, 3.05) is 0 Å². The van der Waals surface area contributed by atoms with Gasteiger partial charge in [0.25, 0.3) is 0 Å². The van der Waals surface area contributed by atoms with Crippen LogP contribution >= 0.6 is 0 Å². The van der Waals surface area contributed by atoms with Crippen molar-refractivity contribution >= 4 is 12.1 Å². The minimum atomic E-state index is -0.293. The summed E-state index contributed by atoms with van der Waals surface area (Å²) in [6.07, 6.45) is 2.22. The number of amides is 1. The molecule has 1 amide bonds. The van der Waals surface area contributed by atoms with Gasteiger partial charge in [0.05, 0.1) is 5.92 Å². The molecule has 1 aliphatic heterocycles. The molecule has 14 heavy (non-hydrogen) atoms. The topological polar surface area (TPSA) is 41.5 Å². The van der Waals surface area contributed by atoms with Crippen LogP contribution in [0, 0.1) is 5.82 Å². The third-order valence-corrected chi connectivity index (χ3v) is 2.20. The van der Waals surface area contributed by atoms with E-state index in [1.165, 1.54) is 12.1 Å². The molecule has 0 aliphatic carbocycles. The van der Waals surface area contributed by atoms with Crippen LogP contribution in [0.15, 0.2) is 29.4 Å². The van der Waals surface area contributed by atoms with Crippen LogP contribution in [0.3, 0.4) is 0 Å². The fourth-order valence-corrected chi connectivity index (χ4v) is 1.43. The first-order valence-electron chi connectivity index (χ1n) is 4.34. The summed E-state index contributed by atoms with van der Waals surface area (Å²) in [5.74, 6) is -0.675. The molecule has 1 aliphatic rings. The minimum absolute atomic E-state index is 0.140. The number of nitrogens with one attached hydrogen (secondary N) is 1. The van der Waals surface area contributed by atoms with Gasteiger partial charge in [-0.05, 0) is 17.7 Å². The molecule has 0 spiro atoms. The summed E-state index contributed by atoms with van der Waals surface area (Å²) >= 11 is 0. The van der Waals surface area contributed by atoms with Crippen LogP contribution in [0.1, 0.15) is 17.9 Å². The Balaban J connectivity index is 2.26. The maximum atomic E-state index is 12.6. The van der Waals surface area contributed by atoms with Gasteiger partial charge in [0.15, 0.2) is 0 Å². The highest BCUT2D eigenvalue weighted by atomic mass is 19.1. The number of carbonyl (C=O) groups excluding carboxylic acids is 1. The Hall–Kier alpha value is -1.71. The van der Waals surface area contributed by atoms with Crippen LogP contribution in [-0.2, 0) is 4.79 Å². The number of hydrogen-bond donors (Lipinski definition) is 1. The summed E-state index contributed by atoms with van der Waals surface area (Å²) in [7, 11) is 0. The molecule has 1 aromatic carbocycles. The molecule has 72 valence electrons. The fourth-order valence-electron chi connectivity index (χ4n) is 1.43. The molecule has 4 heteroatoms. The second-order valence-electron chi connectivity index (χ2n) is 3.13. The highest BCUT2D eigenvalue weighted by molar-refractivity contribution is 5.88. The van der Waals surface area contributed by atoms with E-state index < -0.39 is 0 Å². The largest absolute Gasteiger partial charge is 0.272 e. The predicted octanol–water partition coefficient (Wildman–Crippen LogP) is 1.42. The first-order valence-corrected chi connectivity index (χ1v) is 4.34. The number of benzene rings is 1. The van der Waals surface area contributed by atoms with Crippen molar-refractivity contribution in [1.29, 1.82) is 0 Å². The first kappa shape index (κ1) is 8.87. The smallest absolute Gasteiger partial charge is 0.247 e. The molecule has 0 bridgehead atoms. The lowest BCUT2D eigenvalue weighted by atomic mass is 9.95. The monoisotopic (exact) mass is 192 g/mol. The van der Waals surface area contributed by atoms with E-state index in [0.717, 1.165) is 5.56 Å². The number of nitrogens with zero attached hydrogens (tertiary/aromatic N) is 1. The highest BCUT2D eigenvalue weighted by Gasteiger charge is 2.21. The molecule has 1 unspecified atom stereocenters. The molecule has 2 rings (SSSR count). The van der Waals surface area contributed by atoms with Gasteiger partial charge in [-0.15, -0.1) is 0 Å². The first-order chi connectivity index (χ1) is 6.77. The maximum Gasteiger partial charge on any atom is 0.247 e. The lowest BCUT2D eigenvalue weighted by Gasteiger charge is -2.16. The van der Waals surface area contributed by atoms with Crippen molar-refractivity contribution < 1.29 is 9.18 Å². The molecular formula is C10H9FN2O. The Morgan fingerprint density at radius 2 is 2.07 bits per heavy atom. The summed E-state index contributed by atoms with van der Waals surface area (Å²) in [5, 5.41) is 3.65. The Bertz CT molecular complexity index is 372. The van der Waals surface area contributed by atoms with Gasteiger partial charge < -0.3 is 0 Å². The zero-order valence-corrected chi connectivity index (χ0v) is 7.40. The fraction of sp³-hybridized carbons (Fsp3) is 0.200. The van der Waals surface area contributed by atoms with Gasteiger partial charge in [0.1, 0.15) is 5.82 Å². The summed E-state index contributed by atoms with van der Waals surface area (Å²) in [6, 6.07) is 5.96. The number of rotatable bonds is 1. The molecule has 1 heterocycles. The van der Waals surface area contributed by atoms with Gasteiger partial charge in [-0.2, -0.15) is 5.10 Å². The molecule has 1 aromatic rings. The molecular weight excluding hydrogens is 183 g/mol. The summed E-state index contributed by atoms with van der Waals surface area (Å²) in [6.45, 7) is 0. The van der Waals surface area contributed by atoms with E-state index in [4.69, 9.17) is 0 Å². The van der Waals surface area contributed by atoms with Crippen LogP contribution < -0.4 is 5.43 Å². The Labute approximate surface area is 80.6 Å². The van der Waals surface area contributed by atoms with Crippen molar-refractivity contribution in [3.05, 3.63) is 35.6 Å². The normalized spacial score (nSPS) is 20.6. The second-order valence-corrected chi connectivity index (χ2v) is 3.13. The standard InChI is InChI=1S/C10H9FN2O/c11-8-3-1-7(2-4-8)9-5-6-12-13-10(9)14/h1-4,6,9H,5H2,(H,13,14). The van der Waals surface area contributed by atoms with Gasteiger partial charge in [-0.25, -0.2) is 9.82 Å². The minimum Gasteiger partial charge on any atom is -0.272 e. The van der Waals surface area contributed by atoms with Crippen molar-refractivity contribution in [3.8, 4) is 0 Å². The number of halogens is 1. The van der Waals surface area contributed by atoms with Crippen molar-refractivity contribution in [3.63, 3.8) is 0 Å². The van der Waals surface area contributed by atoms with Gasteiger partial charge in [-0.3, -0.25) is 4.79 Å². The third kappa shape index (κ3) is 1.64.